The van der Waals surface area contributed by atoms with Crippen molar-refractivity contribution in [2.75, 3.05) is 13.7 Å². The van der Waals surface area contributed by atoms with E-state index in [2.05, 4.69) is 35.0 Å². The summed E-state index contributed by atoms with van der Waals surface area (Å²) < 4.78 is 13.3. The van der Waals surface area contributed by atoms with Crippen LogP contribution in [0.5, 0.6) is 11.5 Å². The van der Waals surface area contributed by atoms with Crippen LogP contribution in [0, 0.1) is 6.92 Å². The van der Waals surface area contributed by atoms with E-state index in [1.54, 1.807) is 7.11 Å². The molecule has 182 valence electrons. The number of rotatable bonds is 11. The lowest BCUT2D eigenvalue weighted by atomic mass is 10.1. The number of carbonyl (C=O) groups is 1. The molecule has 6 nitrogen and oxygen atoms in total. The molecular formula is C29H33N3O3. The first-order chi connectivity index (χ1) is 17.0. The van der Waals surface area contributed by atoms with E-state index in [1.807, 2.05) is 61.5 Å². The Balaban J connectivity index is 1.38. The highest BCUT2D eigenvalue weighted by Crippen LogP contribution is 2.22. The second-order valence-corrected chi connectivity index (χ2v) is 8.80. The fourth-order valence-electron chi connectivity index (χ4n) is 4.21. The van der Waals surface area contributed by atoms with Crippen molar-refractivity contribution in [1.82, 2.24) is 14.9 Å². The number of fused-ring (bicyclic) bond motifs is 1. The van der Waals surface area contributed by atoms with E-state index >= 15 is 0 Å². The van der Waals surface area contributed by atoms with Gasteiger partial charge in [-0.3, -0.25) is 4.79 Å². The van der Waals surface area contributed by atoms with E-state index in [0.29, 0.717) is 13.0 Å². The molecule has 4 aromatic rings. The molecule has 0 aliphatic heterocycles. The van der Waals surface area contributed by atoms with Gasteiger partial charge < -0.3 is 19.4 Å². The molecule has 6 heteroatoms. The van der Waals surface area contributed by atoms with Crippen molar-refractivity contribution in [2.24, 2.45) is 0 Å². The predicted molar refractivity (Wildman–Crippen MR) is 139 cm³/mol. The molecule has 0 spiro atoms. The summed E-state index contributed by atoms with van der Waals surface area (Å²) in [4.78, 5) is 17.6. The number of hydrogen-bond donors (Lipinski definition) is 1. The third-order valence-electron chi connectivity index (χ3n) is 6.01. The minimum atomic E-state index is -0.211. The third kappa shape index (κ3) is 6.41. The van der Waals surface area contributed by atoms with Crippen LogP contribution in [-0.4, -0.2) is 29.2 Å². The summed E-state index contributed by atoms with van der Waals surface area (Å²) in [5, 5.41) is 3.12. The molecule has 0 aliphatic rings. The van der Waals surface area contributed by atoms with Crippen molar-refractivity contribution < 1.29 is 14.3 Å². The zero-order chi connectivity index (χ0) is 24.6. The van der Waals surface area contributed by atoms with Gasteiger partial charge in [-0.05, 0) is 74.2 Å². The second kappa shape index (κ2) is 11.6. The number of hydrogen-bond acceptors (Lipinski definition) is 4. The number of imidazole rings is 1. The molecule has 0 bridgehead atoms. The average molecular weight is 472 g/mol. The van der Waals surface area contributed by atoms with Crippen LogP contribution in [0.2, 0.25) is 0 Å². The zero-order valence-electron chi connectivity index (χ0n) is 20.7. The largest absolute Gasteiger partial charge is 0.497 e. The van der Waals surface area contributed by atoms with E-state index in [4.69, 9.17) is 14.5 Å². The summed E-state index contributed by atoms with van der Waals surface area (Å²) in [5.74, 6) is 2.52. The highest BCUT2D eigenvalue weighted by molar-refractivity contribution is 5.79. The average Bonchev–Trinajstić information content (AvgIpc) is 3.23. The number of carbonyl (C=O) groups excluding carboxylic acids is 1. The van der Waals surface area contributed by atoms with Crippen molar-refractivity contribution in [3.8, 4) is 11.5 Å². The van der Waals surface area contributed by atoms with Crippen LogP contribution in [0.3, 0.4) is 0 Å². The standard InChI is InChI=1S/C29H33N3O3/c1-21-9-8-10-25(19-21)35-18-7-6-17-32-27-12-5-4-11-26(27)31-29(32)22(2)30-28(33)20-23-13-15-24(34-3)16-14-23/h4-5,8-16,19,22H,6-7,17-18,20H2,1-3H3,(H,30,33). The SMILES string of the molecule is COc1ccc(CC(=O)NC(C)c2nc3ccccc3n2CCCCOc2cccc(C)c2)cc1. The summed E-state index contributed by atoms with van der Waals surface area (Å²) in [5.41, 5.74) is 4.16. The van der Waals surface area contributed by atoms with Gasteiger partial charge in [-0.2, -0.15) is 0 Å². The molecule has 1 N–H and O–H groups in total. The number of ether oxygens (including phenoxy) is 2. The highest BCUT2D eigenvalue weighted by atomic mass is 16.5. The summed E-state index contributed by atoms with van der Waals surface area (Å²) in [6.07, 6.45) is 2.19. The summed E-state index contributed by atoms with van der Waals surface area (Å²) in [6.45, 7) is 5.53. The van der Waals surface area contributed by atoms with E-state index in [0.717, 1.165) is 53.3 Å². The molecule has 1 heterocycles. The van der Waals surface area contributed by atoms with Gasteiger partial charge in [0.25, 0.3) is 0 Å². The summed E-state index contributed by atoms with van der Waals surface area (Å²) >= 11 is 0. The Kier molecular flexibility index (Phi) is 8.03. The maximum absolute atomic E-state index is 12.7. The number of benzene rings is 3. The molecule has 0 saturated carbocycles. The Morgan fingerprint density at radius 2 is 1.80 bits per heavy atom. The molecule has 0 fully saturated rings. The highest BCUT2D eigenvalue weighted by Gasteiger charge is 2.18. The molecular weight excluding hydrogens is 438 g/mol. The molecule has 1 aromatic heterocycles. The Morgan fingerprint density at radius 3 is 2.57 bits per heavy atom. The van der Waals surface area contributed by atoms with Gasteiger partial charge in [0, 0.05) is 6.54 Å². The molecule has 3 aromatic carbocycles. The lowest BCUT2D eigenvalue weighted by Crippen LogP contribution is -2.30. The summed E-state index contributed by atoms with van der Waals surface area (Å²) in [6, 6.07) is 23.6. The molecule has 1 amide bonds. The van der Waals surface area contributed by atoms with Crippen LogP contribution >= 0.6 is 0 Å². The minimum absolute atomic E-state index is 0.0344. The maximum Gasteiger partial charge on any atom is 0.224 e. The Morgan fingerprint density at radius 1 is 1.00 bits per heavy atom. The fraction of sp³-hybridized carbons (Fsp3) is 0.310. The van der Waals surface area contributed by atoms with Gasteiger partial charge in [0.15, 0.2) is 0 Å². The normalized spacial score (nSPS) is 11.9. The molecule has 0 aliphatic carbocycles. The van der Waals surface area contributed by atoms with Crippen molar-refractivity contribution in [2.45, 2.75) is 45.7 Å². The molecule has 1 unspecified atom stereocenters. The number of aryl methyl sites for hydroxylation is 2. The smallest absolute Gasteiger partial charge is 0.224 e. The van der Waals surface area contributed by atoms with Gasteiger partial charge in [0.2, 0.25) is 5.91 Å². The summed E-state index contributed by atoms with van der Waals surface area (Å²) in [7, 11) is 1.63. The van der Waals surface area contributed by atoms with Crippen LogP contribution in [0.25, 0.3) is 11.0 Å². The van der Waals surface area contributed by atoms with E-state index in [9.17, 15) is 4.79 Å². The first kappa shape index (κ1) is 24.3. The topological polar surface area (TPSA) is 65.4 Å². The number of nitrogens with zero attached hydrogens (tertiary/aromatic N) is 2. The number of methoxy groups -OCH3 is 1. The number of amides is 1. The minimum Gasteiger partial charge on any atom is -0.497 e. The van der Waals surface area contributed by atoms with Gasteiger partial charge >= 0.3 is 0 Å². The number of aromatic nitrogens is 2. The molecule has 4 rings (SSSR count). The van der Waals surface area contributed by atoms with E-state index in [-0.39, 0.29) is 11.9 Å². The molecule has 35 heavy (non-hydrogen) atoms. The molecule has 1 atom stereocenters. The van der Waals surface area contributed by atoms with Gasteiger partial charge in [-0.25, -0.2) is 4.98 Å². The second-order valence-electron chi connectivity index (χ2n) is 8.80. The molecule has 0 radical (unpaired) electrons. The number of para-hydroxylation sites is 2. The van der Waals surface area contributed by atoms with E-state index in [1.165, 1.54) is 5.56 Å². The van der Waals surface area contributed by atoms with Gasteiger partial charge in [0.05, 0.1) is 37.2 Å². The van der Waals surface area contributed by atoms with Gasteiger partial charge in [0.1, 0.15) is 17.3 Å². The Labute approximate surface area is 206 Å². The first-order valence-electron chi connectivity index (χ1n) is 12.1. The predicted octanol–water partition coefficient (Wildman–Crippen LogP) is 5.63. The van der Waals surface area contributed by atoms with Gasteiger partial charge in [-0.15, -0.1) is 0 Å². The van der Waals surface area contributed by atoms with Crippen LogP contribution in [0.4, 0.5) is 0 Å². The fourth-order valence-corrected chi connectivity index (χ4v) is 4.21. The van der Waals surface area contributed by atoms with Crippen LogP contribution in [0.1, 0.15) is 42.8 Å². The maximum atomic E-state index is 12.7. The number of unbranched alkanes of at least 4 members (excludes halogenated alkanes) is 1. The van der Waals surface area contributed by atoms with Crippen LogP contribution in [0.15, 0.2) is 72.8 Å². The van der Waals surface area contributed by atoms with Crippen molar-refractivity contribution in [3.63, 3.8) is 0 Å². The zero-order valence-corrected chi connectivity index (χ0v) is 20.7. The van der Waals surface area contributed by atoms with Crippen molar-refractivity contribution in [3.05, 3.63) is 89.7 Å². The van der Waals surface area contributed by atoms with Crippen LogP contribution < -0.4 is 14.8 Å². The molecule has 0 saturated heterocycles. The van der Waals surface area contributed by atoms with Gasteiger partial charge in [-0.1, -0.05) is 36.4 Å². The quantitative estimate of drug-likeness (QED) is 0.288. The number of nitrogens with one attached hydrogen (secondary N) is 1. The first-order valence-corrected chi connectivity index (χ1v) is 12.1. The Bertz CT molecular complexity index is 1260. The van der Waals surface area contributed by atoms with Crippen molar-refractivity contribution in [1.29, 1.82) is 0 Å². The van der Waals surface area contributed by atoms with Crippen molar-refractivity contribution >= 4 is 16.9 Å². The Hall–Kier alpha value is -3.80. The third-order valence-corrected chi connectivity index (χ3v) is 6.01. The van der Waals surface area contributed by atoms with E-state index < -0.39 is 0 Å². The lowest BCUT2D eigenvalue weighted by molar-refractivity contribution is -0.121. The monoisotopic (exact) mass is 471 g/mol. The lowest BCUT2D eigenvalue weighted by Gasteiger charge is -2.17. The van der Waals surface area contributed by atoms with Crippen LogP contribution in [-0.2, 0) is 17.8 Å².